The molecule has 0 bridgehead atoms. The third-order valence-corrected chi connectivity index (χ3v) is 6.15. The molecule has 0 saturated heterocycles. The molecule has 1 aliphatic carbocycles. The van der Waals surface area contributed by atoms with Gasteiger partial charge >= 0.3 is 11.9 Å². The summed E-state index contributed by atoms with van der Waals surface area (Å²) >= 11 is 1.21. The van der Waals surface area contributed by atoms with E-state index in [4.69, 9.17) is 9.47 Å². The monoisotopic (exact) mass is 490 g/mol. The van der Waals surface area contributed by atoms with Crippen LogP contribution in [0, 0.1) is 11.7 Å². The van der Waals surface area contributed by atoms with E-state index in [-0.39, 0.29) is 24.0 Å². The van der Waals surface area contributed by atoms with Crippen LogP contribution in [-0.2, 0) is 19.1 Å². The Bertz CT molecular complexity index is 1080. The van der Waals surface area contributed by atoms with Crippen LogP contribution in [0.4, 0.5) is 9.39 Å². The molecule has 1 aromatic heterocycles. The van der Waals surface area contributed by atoms with Gasteiger partial charge in [-0.3, -0.25) is 9.59 Å². The highest BCUT2D eigenvalue weighted by Gasteiger charge is 2.33. The number of hydrogen-bond donors (Lipinski definition) is 2. The first-order chi connectivity index (χ1) is 16.2. The summed E-state index contributed by atoms with van der Waals surface area (Å²) in [6, 6.07) is 4.32. The Labute approximate surface area is 200 Å². The van der Waals surface area contributed by atoms with Crippen molar-refractivity contribution in [3.05, 3.63) is 52.2 Å². The number of ether oxygens (including phenoxy) is 2. The molecule has 1 fully saturated rings. The van der Waals surface area contributed by atoms with Gasteiger partial charge in [0.2, 0.25) is 0 Å². The Morgan fingerprint density at radius 3 is 2.47 bits per heavy atom. The van der Waals surface area contributed by atoms with Crippen molar-refractivity contribution in [3.63, 3.8) is 0 Å². The molecule has 3 rings (SSSR count). The number of carbonyl (C=O) groups is 4. The van der Waals surface area contributed by atoms with Gasteiger partial charge in [0, 0.05) is 0 Å². The van der Waals surface area contributed by atoms with Crippen LogP contribution < -0.4 is 10.6 Å². The summed E-state index contributed by atoms with van der Waals surface area (Å²) < 4.78 is 24.1. The molecule has 2 N–H and O–H groups in total. The van der Waals surface area contributed by atoms with Crippen LogP contribution in [-0.4, -0.2) is 43.0 Å². The number of anilines is 1. The first-order valence-electron chi connectivity index (χ1n) is 11.0. The predicted octanol–water partition coefficient (Wildman–Crippen LogP) is 3.88. The number of hydrogen-bond acceptors (Lipinski definition) is 7. The van der Waals surface area contributed by atoms with E-state index < -0.39 is 42.2 Å². The highest BCUT2D eigenvalue weighted by Crippen LogP contribution is 2.46. The Balaban J connectivity index is 1.61. The van der Waals surface area contributed by atoms with Crippen molar-refractivity contribution in [2.75, 3.05) is 18.5 Å². The second-order valence-corrected chi connectivity index (χ2v) is 9.10. The van der Waals surface area contributed by atoms with Gasteiger partial charge in [0.1, 0.15) is 16.9 Å². The second-order valence-electron chi connectivity index (χ2n) is 8.22. The Hall–Kier alpha value is -3.27. The fraction of sp³-hybridized carbons (Fsp3) is 0.417. The number of thiophene rings is 1. The molecular formula is C24H27FN2O6S. The van der Waals surface area contributed by atoms with Crippen LogP contribution in [0.1, 0.15) is 65.8 Å². The summed E-state index contributed by atoms with van der Waals surface area (Å²) in [5, 5.41) is 7.25. The molecule has 1 atom stereocenters. The number of benzene rings is 1. The lowest BCUT2D eigenvalue weighted by atomic mass is 10.0. The maximum Gasteiger partial charge on any atom is 0.341 e. The topological polar surface area (TPSA) is 111 Å². The zero-order valence-corrected chi connectivity index (χ0v) is 20.0. The largest absolute Gasteiger partial charge is 0.462 e. The van der Waals surface area contributed by atoms with Crippen molar-refractivity contribution >= 4 is 40.1 Å². The highest BCUT2D eigenvalue weighted by atomic mass is 32.1. The Morgan fingerprint density at radius 1 is 1.15 bits per heavy atom. The lowest BCUT2D eigenvalue weighted by Crippen LogP contribution is -2.46. The van der Waals surface area contributed by atoms with E-state index in [0.29, 0.717) is 10.6 Å². The standard InChI is InChI=1S/C24H27FN2O6S/c1-4-32-23(30)19-16(14-9-10-14)12-34-22(19)26-18(28)11-33-24(31)20(13(2)3)27-21(29)15-7-5-6-8-17(15)25/h5-8,12-14,20H,4,9-11H2,1-3H3,(H,26,28)(H,27,29). The van der Waals surface area contributed by atoms with E-state index in [1.807, 2.05) is 5.38 Å². The molecule has 182 valence electrons. The van der Waals surface area contributed by atoms with Crippen LogP contribution in [0.25, 0.3) is 0 Å². The van der Waals surface area contributed by atoms with Gasteiger partial charge in [-0.25, -0.2) is 14.0 Å². The van der Waals surface area contributed by atoms with E-state index >= 15 is 0 Å². The summed E-state index contributed by atoms with van der Waals surface area (Å²) in [5.41, 5.74) is 0.993. The fourth-order valence-corrected chi connectivity index (χ4v) is 4.37. The number of halogens is 1. The van der Waals surface area contributed by atoms with Gasteiger partial charge in [0.25, 0.3) is 11.8 Å². The minimum atomic E-state index is -1.08. The van der Waals surface area contributed by atoms with Gasteiger partial charge in [-0.05, 0) is 54.7 Å². The quantitative estimate of drug-likeness (QED) is 0.489. The number of amides is 2. The molecule has 0 aliphatic heterocycles. The molecule has 1 saturated carbocycles. The van der Waals surface area contributed by atoms with E-state index in [9.17, 15) is 23.6 Å². The average Bonchev–Trinajstić information content (AvgIpc) is 3.56. The molecule has 10 heteroatoms. The smallest absolute Gasteiger partial charge is 0.341 e. The molecule has 0 spiro atoms. The molecule has 1 aromatic carbocycles. The highest BCUT2D eigenvalue weighted by molar-refractivity contribution is 7.15. The summed E-state index contributed by atoms with van der Waals surface area (Å²) in [6.45, 7) is 4.67. The SMILES string of the molecule is CCOC(=O)c1c(C2CC2)csc1NC(=O)COC(=O)C(NC(=O)c1ccccc1F)C(C)C. The zero-order valence-electron chi connectivity index (χ0n) is 19.2. The number of rotatable bonds is 10. The van der Waals surface area contributed by atoms with E-state index in [1.54, 1.807) is 20.8 Å². The summed E-state index contributed by atoms with van der Waals surface area (Å²) in [7, 11) is 0. The zero-order chi connectivity index (χ0) is 24.8. The first-order valence-corrected chi connectivity index (χ1v) is 11.9. The molecule has 1 unspecified atom stereocenters. The molecule has 1 aliphatic rings. The third kappa shape index (κ3) is 6.19. The van der Waals surface area contributed by atoms with Crippen LogP contribution in [0.2, 0.25) is 0 Å². The molecule has 1 heterocycles. The van der Waals surface area contributed by atoms with Crippen LogP contribution in [0.5, 0.6) is 0 Å². The van der Waals surface area contributed by atoms with E-state index in [1.165, 1.54) is 29.5 Å². The van der Waals surface area contributed by atoms with E-state index in [0.717, 1.165) is 24.5 Å². The fourth-order valence-electron chi connectivity index (χ4n) is 3.32. The van der Waals surface area contributed by atoms with Crippen molar-refractivity contribution in [2.24, 2.45) is 5.92 Å². The Morgan fingerprint density at radius 2 is 1.85 bits per heavy atom. The number of carbonyl (C=O) groups excluding carboxylic acids is 4. The minimum Gasteiger partial charge on any atom is -0.462 e. The van der Waals surface area contributed by atoms with Crippen molar-refractivity contribution in [1.29, 1.82) is 0 Å². The lowest BCUT2D eigenvalue weighted by molar-refractivity contribution is -0.150. The van der Waals surface area contributed by atoms with Crippen molar-refractivity contribution < 1.29 is 33.0 Å². The molecule has 8 nitrogen and oxygen atoms in total. The third-order valence-electron chi connectivity index (χ3n) is 5.24. The molecule has 2 amide bonds. The second kappa shape index (κ2) is 11.2. The summed E-state index contributed by atoms with van der Waals surface area (Å²) in [6.07, 6.45) is 1.95. The van der Waals surface area contributed by atoms with Gasteiger partial charge in [-0.1, -0.05) is 26.0 Å². The summed E-state index contributed by atoms with van der Waals surface area (Å²) in [5.74, 6) is -3.54. The van der Waals surface area contributed by atoms with Crippen LogP contribution in [0.15, 0.2) is 29.6 Å². The predicted molar refractivity (Wildman–Crippen MR) is 124 cm³/mol. The van der Waals surface area contributed by atoms with Gasteiger partial charge in [0.05, 0.1) is 17.7 Å². The van der Waals surface area contributed by atoms with Gasteiger partial charge in [0.15, 0.2) is 6.61 Å². The van der Waals surface area contributed by atoms with Crippen molar-refractivity contribution in [3.8, 4) is 0 Å². The molecular weight excluding hydrogens is 463 g/mol. The maximum absolute atomic E-state index is 13.9. The van der Waals surface area contributed by atoms with Gasteiger partial charge < -0.3 is 20.1 Å². The van der Waals surface area contributed by atoms with Crippen molar-refractivity contribution in [2.45, 2.75) is 45.6 Å². The van der Waals surface area contributed by atoms with Crippen LogP contribution >= 0.6 is 11.3 Å². The number of esters is 2. The normalized spacial score (nSPS) is 13.8. The number of nitrogens with one attached hydrogen (secondary N) is 2. The summed E-state index contributed by atoms with van der Waals surface area (Å²) in [4.78, 5) is 49.8. The molecule has 34 heavy (non-hydrogen) atoms. The van der Waals surface area contributed by atoms with Gasteiger partial charge in [-0.2, -0.15) is 0 Å². The van der Waals surface area contributed by atoms with Crippen molar-refractivity contribution in [1.82, 2.24) is 5.32 Å². The Kier molecular flexibility index (Phi) is 8.38. The van der Waals surface area contributed by atoms with E-state index in [2.05, 4.69) is 10.6 Å². The molecule has 0 radical (unpaired) electrons. The average molecular weight is 491 g/mol. The lowest BCUT2D eigenvalue weighted by Gasteiger charge is -2.21. The van der Waals surface area contributed by atoms with Crippen LogP contribution in [0.3, 0.4) is 0 Å². The minimum absolute atomic E-state index is 0.200. The molecule has 2 aromatic rings. The maximum atomic E-state index is 13.9. The van der Waals surface area contributed by atoms with Gasteiger partial charge in [-0.15, -0.1) is 11.3 Å². The first kappa shape index (κ1) is 25.4.